The number of benzene rings is 1. The topological polar surface area (TPSA) is 77.5 Å². The first-order chi connectivity index (χ1) is 10.1. The predicted octanol–water partition coefficient (Wildman–Crippen LogP) is 2.76. The van der Waals surface area contributed by atoms with Gasteiger partial charge < -0.3 is 20.2 Å². The van der Waals surface area contributed by atoms with Crippen LogP contribution in [0.3, 0.4) is 0 Å². The van der Waals surface area contributed by atoms with Crippen LogP contribution in [0.5, 0.6) is 5.75 Å². The number of rotatable bonds is 6. The highest BCUT2D eigenvalue weighted by atomic mass is 32.1. The van der Waals surface area contributed by atoms with Crippen LogP contribution in [0.1, 0.15) is 23.2 Å². The number of aryl methyl sites for hydroxylation is 1. The number of hydrogen-bond donors (Lipinski definition) is 2. The predicted molar refractivity (Wildman–Crippen MR) is 84.8 cm³/mol. The molecule has 0 saturated carbocycles. The minimum absolute atomic E-state index is 0.188. The molecule has 5 nitrogen and oxygen atoms in total. The van der Waals surface area contributed by atoms with E-state index in [1.54, 1.807) is 36.4 Å². The molecule has 110 valence electrons. The van der Waals surface area contributed by atoms with Crippen molar-refractivity contribution < 1.29 is 13.9 Å². The Hall–Kier alpha value is -2.34. The molecule has 1 amide bonds. The Morgan fingerprint density at radius 1 is 1.29 bits per heavy atom. The molecule has 0 saturated heterocycles. The van der Waals surface area contributed by atoms with E-state index < -0.39 is 0 Å². The van der Waals surface area contributed by atoms with E-state index in [0.717, 1.165) is 12.2 Å². The Morgan fingerprint density at radius 3 is 2.57 bits per heavy atom. The van der Waals surface area contributed by atoms with E-state index >= 15 is 0 Å². The number of carbonyl (C=O) groups is 1. The number of carbonyl (C=O) groups excluding carboxylic acids is 1. The van der Waals surface area contributed by atoms with Gasteiger partial charge in [0, 0.05) is 12.1 Å². The van der Waals surface area contributed by atoms with E-state index in [1.807, 2.05) is 6.92 Å². The number of ether oxygens (including phenoxy) is 1. The van der Waals surface area contributed by atoms with Crippen LogP contribution in [0.15, 0.2) is 40.8 Å². The van der Waals surface area contributed by atoms with Crippen molar-refractivity contribution in [3.8, 4) is 5.75 Å². The first kappa shape index (κ1) is 15.1. The number of nitrogens with two attached hydrogens (primary N) is 1. The molecular formula is C15H16N2O3S. The summed E-state index contributed by atoms with van der Waals surface area (Å²) in [5, 5.41) is 2.75. The second kappa shape index (κ2) is 6.90. The third kappa shape index (κ3) is 4.32. The van der Waals surface area contributed by atoms with Crippen LogP contribution in [0.25, 0.3) is 0 Å². The summed E-state index contributed by atoms with van der Waals surface area (Å²) in [6, 6.07) is 10.4. The van der Waals surface area contributed by atoms with Crippen LogP contribution >= 0.6 is 12.2 Å². The van der Waals surface area contributed by atoms with Crippen LogP contribution in [0.2, 0.25) is 0 Å². The highest BCUT2D eigenvalue weighted by Crippen LogP contribution is 2.17. The molecule has 1 aromatic carbocycles. The smallest absolute Gasteiger partial charge is 0.291 e. The van der Waals surface area contributed by atoms with Gasteiger partial charge in [0.2, 0.25) is 0 Å². The lowest BCUT2D eigenvalue weighted by Gasteiger charge is -2.07. The lowest BCUT2D eigenvalue weighted by Crippen LogP contribution is -2.17. The Morgan fingerprint density at radius 2 is 2.00 bits per heavy atom. The fourth-order valence-electron chi connectivity index (χ4n) is 1.67. The first-order valence-electron chi connectivity index (χ1n) is 6.49. The second-order valence-corrected chi connectivity index (χ2v) is 4.88. The van der Waals surface area contributed by atoms with Gasteiger partial charge in [-0.2, -0.15) is 0 Å². The fraction of sp³-hybridized carbons (Fsp3) is 0.200. The molecule has 2 aromatic rings. The Balaban J connectivity index is 1.96. The zero-order chi connectivity index (χ0) is 15.2. The molecule has 0 spiro atoms. The van der Waals surface area contributed by atoms with Gasteiger partial charge in [0.25, 0.3) is 5.91 Å². The first-order valence-corrected chi connectivity index (χ1v) is 6.90. The van der Waals surface area contributed by atoms with E-state index in [-0.39, 0.29) is 17.5 Å². The van der Waals surface area contributed by atoms with E-state index in [1.165, 1.54) is 0 Å². The van der Waals surface area contributed by atoms with Gasteiger partial charge >= 0.3 is 0 Å². The molecule has 0 fully saturated rings. The number of thiocarbonyl (C=S) groups is 1. The highest BCUT2D eigenvalue weighted by Gasteiger charge is 2.10. The number of anilines is 1. The average molecular weight is 304 g/mol. The van der Waals surface area contributed by atoms with E-state index in [9.17, 15) is 4.79 Å². The summed E-state index contributed by atoms with van der Waals surface area (Å²) in [6.07, 6.45) is 0.752. The Labute approximate surface area is 128 Å². The van der Waals surface area contributed by atoms with Gasteiger partial charge in [-0.05, 0) is 36.4 Å². The fourth-order valence-corrected chi connectivity index (χ4v) is 1.73. The third-order valence-corrected chi connectivity index (χ3v) is 2.85. The number of nitrogens with one attached hydrogen (secondary N) is 1. The van der Waals surface area contributed by atoms with Crippen LogP contribution in [0.4, 0.5) is 5.69 Å². The summed E-state index contributed by atoms with van der Waals surface area (Å²) in [5.74, 6) is 1.42. The standard InChI is InChI=1S/C15H16N2O3S/c1-2-11-7-8-13(20-11)15(18)17-10-3-5-12(6-4-10)19-9-14(16)21/h3-8H,2,9H2,1H3,(H2,16,21)(H,17,18). The number of amides is 1. The summed E-state index contributed by atoms with van der Waals surface area (Å²) < 4.78 is 10.7. The molecule has 0 aliphatic heterocycles. The number of hydrogen-bond acceptors (Lipinski definition) is 4. The summed E-state index contributed by atoms with van der Waals surface area (Å²) in [4.78, 5) is 12.3. The molecule has 3 N–H and O–H groups in total. The average Bonchev–Trinajstić information content (AvgIpc) is 2.95. The van der Waals surface area contributed by atoms with Crippen molar-refractivity contribution in [1.82, 2.24) is 0 Å². The Bertz CT molecular complexity index is 635. The third-order valence-electron chi connectivity index (χ3n) is 2.73. The molecule has 0 aliphatic rings. The maximum absolute atomic E-state index is 12.0. The monoisotopic (exact) mass is 304 g/mol. The quantitative estimate of drug-likeness (QED) is 0.802. The van der Waals surface area contributed by atoms with Crippen molar-refractivity contribution in [2.45, 2.75) is 13.3 Å². The summed E-state index contributed by atoms with van der Waals surface area (Å²) in [6.45, 7) is 2.15. The molecule has 0 radical (unpaired) electrons. The van der Waals surface area contributed by atoms with Crippen LogP contribution < -0.4 is 15.8 Å². The van der Waals surface area contributed by atoms with Crippen LogP contribution in [0, 0.1) is 0 Å². The van der Waals surface area contributed by atoms with Gasteiger partial charge in [0.15, 0.2) is 5.76 Å². The van der Waals surface area contributed by atoms with Gasteiger partial charge in [0.05, 0.1) is 0 Å². The summed E-state index contributed by atoms with van der Waals surface area (Å²) >= 11 is 4.73. The van der Waals surface area contributed by atoms with Gasteiger partial charge in [-0.15, -0.1) is 0 Å². The summed E-state index contributed by atoms with van der Waals surface area (Å²) in [7, 11) is 0. The molecule has 1 aromatic heterocycles. The molecule has 0 aliphatic carbocycles. The number of furan rings is 1. The molecule has 0 bridgehead atoms. The van der Waals surface area contributed by atoms with E-state index in [4.69, 9.17) is 27.1 Å². The zero-order valence-corrected chi connectivity index (χ0v) is 12.4. The lowest BCUT2D eigenvalue weighted by molar-refractivity contribution is 0.0995. The molecular weight excluding hydrogens is 288 g/mol. The van der Waals surface area contributed by atoms with E-state index in [0.29, 0.717) is 17.2 Å². The zero-order valence-electron chi connectivity index (χ0n) is 11.6. The maximum atomic E-state index is 12.0. The minimum Gasteiger partial charge on any atom is -0.487 e. The van der Waals surface area contributed by atoms with Gasteiger partial charge in [-0.3, -0.25) is 4.79 Å². The van der Waals surface area contributed by atoms with Gasteiger partial charge in [-0.1, -0.05) is 19.1 Å². The second-order valence-electron chi connectivity index (χ2n) is 4.35. The van der Waals surface area contributed by atoms with Gasteiger partial charge in [-0.25, -0.2) is 0 Å². The van der Waals surface area contributed by atoms with Crippen molar-refractivity contribution in [3.63, 3.8) is 0 Å². The maximum Gasteiger partial charge on any atom is 0.291 e. The molecule has 21 heavy (non-hydrogen) atoms. The molecule has 0 atom stereocenters. The highest BCUT2D eigenvalue weighted by molar-refractivity contribution is 7.80. The van der Waals surface area contributed by atoms with Crippen molar-refractivity contribution in [3.05, 3.63) is 47.9 Å². The molecule has 2 rings (SSSR count). The van der Waals surface area contributed by atoms with Crippen molar-refractivity contribution in [2.24, 2.45) is 5.73 Å². The van der Waals surface area contributed by atoms with Crippen LogP contribution in [-0.2, 0) is 6.42 Å². The van der Waals surface area contributed by atoms with E-state index in [2.05, 4.69) is 5.32 Å². The minimum atomic E-state index is -0.286. The van der Waals surface area contributed by atoms with Gasteiger partial charge in [0.1, 0.15) is 23.1 Å². The van der Waals surface area contributed by atoms with Crippen molar-refractivity contribution in [1.29, 1.82) is 0 Å². The molecule has 6 heteroatoms. The lowest BCUT2D eigenvalue weighted by atomic mass is 10.3. The van der Waals surface area contributed by atoms with Crippen LogP contribution in [-0.4, -0.2) is 17.5 Å². The Kier molecular flexibility index (Phi) is 4.94. The van der Waals surface area contributed by atoms with Crippen molar-refractivity contribution in [2.75, 3.05) is 11.9 Å². The SMILES string of the molecule is CCc1ccc(C(=O)Nc2ccc(OCC(N)=S)cc2)o1. The summed E-state index contributed by atoms with van der Waals surface area (Å²) in [5.41, 5.74) is 6.00. The normalized spacial score (nSPS) is 10.1. The largest absolute Gasteiger partial charge is 0.487 e. The molecule has 0 unspecified atom stereocenters. The van der Waals surface area contributed by atoms with Crippen molar-refractivity contribution >= 4 is 28.8 Å². The molecule has 1 heterocycles.